The zero-order valence-electron chi connectivity index (χ0n) is 13.9. The van der Waals surface area contributed by atoms with Crippen molar-refractivity contribution in [2.24, 2.45) is 5.92 Å². The van der Waals surface area contributed by atoms with Crippen LogP contribution in [0.2, 0.25) is 0 Å². The number of unbranched alkanes of at least 4 members (excludes halogenated alkanes) is 1. The van der Waals surface area contributed by atoms with Gasteiger partial charge in [-0.25, -0.2) is 4.79 Å². The van der Waals surface area contributed by atoms with Crippen LogP contribution in [0.1, 0.15) is 44.6 Å². The Hall–Kier alpha value is -1.39. The van der Waals surface area contributed by atoms with Crippen LogP contribution in [0, 0.1) is 5.92 Å². The predicted octanol–water partition coefficient (Wildman–Crippen LogP) is 2.70. The Bertz CT molecular complexity index is 525. The van der Waals surface area contributed by atoms with E-state index < -0.39 is 11.6 Å². The molecule has 0 amide bonds. The van der Waals surface area contributed by atoms with Crippen LogP contribution in [-0.2, 0) is 15.1 Å². The minimum atomic E-state index is -1.52. The van der Waals surface area contributed by atoms with Gasteiger partial charge in [0.1, 0.15) is 6.10 Å². The molecule has 0 radical (unpaired) electrons. The quantitative estimate of drug-likeness (QED) is 0.820. The van der Waals surface area contributed by atoms with Crippen LogP contribution >= 0.6 is 0 Å². The van der Waals surface area contributed by atoms with Crippen molar-refractivity contribution in [3.8, 4) is 0 Å². The SMILES string of the molecule is CCCCC(O)(C(=O)OC1CN2CCC1CC2)c1ccccc1. The third-order valence-corrected chi connectivity index (χ3v) is 5.34. The molecule has 3 fully saturated rings. The van der Waals surface area contributed by atoms with Gasteiger partial charge >= 0.3 is 5.97 Å². The van der Waals surface area contributed by atoms with Crippen molar-refractivity contribution in [3.63, 3.8) is 0 Å². The Balaban J connectivity index is 1.75. The van der Waals surface area contributed by atoms with Crippen molar-refractivity contribution in [2.75, 3.05) is 19.6 Å². The Morgan fingerprint density at radius 1 is 1.30 bits per heavy atom. The lowest BCUT2D eigenvalue weighted by Gasteiger charge is -2.44. The molecule has 2 atom stereocenters. The van der Waals surface area contributed by atoms with Gasteiger partial charge in [0.25, 0.3) is 0 Å². The van der Waals surface area contributed by atoms with E-state index in [0.29, 0.717) is 17.9 Å². The number of ether oxygens (including phenoxy) is 1. The van der Waals surface area contributed by atoms with Gasteiger partial charge in [-0.15, -0.1) is 0 Å². The summed E-state index contributed by atoms with van der Waals surface area (Å²) >= 11 is 0. The van der Waals surface area contributed by atoms with Crippen molar-refractivity contribution in [1.82, 2.24) is 4.90 Å². The maximum Gasteiger partial charge on any atom is 0.343 e. The maximum atomic E-state index is 12.8. The highest BCUT2D eigenvalue weighted by molar-refractivity contribution is 5.81. The summed E-state index contributed by atoms with van der Waals surface area (Å²) in [6.07, 6.45) is 4.26. The van der Waals surface area contributed by atoms with Crippen molar-refractivity contribution >= 4 is 5.97 Å². The average Bonchev–Trinajstić information content (AvgIpc) is 2.61. The summed E-state index contributed by atoms with van der Waals surface area (Å²) < 4.78 is 5.81. The van der Waals surface area contributed by atoms with Crippen LogP contribution in [0.15, 0.2) is 30.3 Å². The minimum absolute atomic E-state index is 0.0677. The number of hydrogen-bond donors (Lipinski definition) is 1. The fourth-order valence-electron chi connectivity index (χ4n) is 3.79. The number of fused-ring (bicyclic) bond motifs is 3. The van der Waals surface area contributed by atoms with Crippen molar-refractivity contribution in [3.05, 3.63) is 35.9 Å². The van der Waals surface area contributed by atoms with Gasteiger partial charge in [0.15, 0.2) is 5.60 Å². The van der Waals surface area contributed by atoms with Crippen LogP contribution in [0.5, 0.6) is 0 Å². The van der Waals surface area contributed by atoms with Crippen LogP contribution < -0.4 is 0 Å². The fourth-order valence-corrected chi connectivity index (χ4v) is 3.79. The largest absolute Gasteiger partial charge is 0.458 e. The average molecular weight is 317 g/mol. The number of piperidine rings is 3. The molecule has 1 aromatic rings. The molecule has 2 bridgehead atoms. The molecule has 0 spiro atoms. The van der Waals surface area contributed by atoms with E-state index in [9.17, 15) is 9.90 Å². The summed E-state index contributed by atoms with van der Waals surface area (Å²) in [4.78, 5) is 15.2. The molecule has 4 heteroatoms. The Morgan fingerprint density at radius 3 is 2.57 bits per heavy atom. The zero-order valence-corrected chi connectivity index (χ0v) is 13.9. The van der Waals surface area contributed by atoms with Gasteiger partial charge in [-0.2, -0.15) is 0 Å². The fraction of sp³-hybridized carbons (Fsp3) is 0.632. The lowest BCUT2D eigenvalue weighted by molar-refractivity contribution is -0.182. The molecule has 0 saturated carbocycles. The van der Waals surface area contributed by atoms with E-state index in [1.54, 1.807) is 0 Å². The molecule has 0 aromatic heterocycles. The van der Waals surface area contributed by atoms with Crippen molar-refractivity contribution < 1.29 is 14.6 Å². The number of esters is 1. The lowest BCUT2D eigenvalue weighted by Crippen LogP contribution is -2.53. The summed E-state index contributed by atoms with van der Waals surface area (Å²) in [6.45, 7) is 5.09. The van der Waals surface area contributed by atoms with Gasteiger partial charge in [-0.3, -0.25) is 4.90 Å². The minimum Gasteiger partial charge on any atom is -0.458 e. The standard InChI is InChI=1S/C19H27NO3/c1-2-3-11-19(22,16-7-5-4-6-8-16)18(21)23-17-14-20-12-9-15(17)10-13-20/h4-8,15,17,22H,2-3,9-14H2,1H3. The van der Waals surface area contributed by atoms with Crippen LogP contribution in [0.3, 0.4) is 0 Å². The number of hydrogen-bond acceptors (Lipinski definition) is 4. The van der Waals surface area contributed by atoms with Crippen molar-refractivity contribution in [2.45, 2.75) is 50.7 Å². The summed E-state index contributed by atoms with van der Waals surface area (Å²) in [5.41, 5.74) is -0.886. The molecule has 23 heavy (non-hydrogen) atoms. The topological polar surface area (TPSA) is 49.8 Å². The second-order valence-corrected chi connectivity index (χ2v) is 6.91. The lowest BCUT2D eigenvalue weighted by atomic mass is 9.85. The highest BCUT2D eigenvalue weighted by atomic mass is 16.6. The molecule has 3 aliphatic rings. The zero-order chi connectivity index (χ0) is 16.3. The third kappa shape index (κ3) is 3.43. The highest BCUT2D eigenvalue weighted by Crippen LogP contribution is 2.34. The van der Waals surface area contributed by atoms with E-state index in [1.165, 1.54) is 0 Å². The molecule has 3 saturated heterocycles. The van der Waals surface area contributed by atoms with Gasteiger partial charge in [-0.1, -0.05) is 43.7 Å². The summed E-state index contributed by atoms with van der Waals surface area (Å²) in [5, 5.41) is 11.1. The summed E-state index contributed by atoms with van der Waals surface area (Å²) in [6, 6.07) is 9.23. The molecule has 3 heterocycles. The van der Waals surface area contributed by atoms with E-state index in [4.69, 9.17) is 4.74 Å². The van der Waals surface area contributed by atoms with E-state index in [2.05, 4.69) is 11.8 Å². The number of rotatable bonds is 6. The predicted molar refractivity (Wildman–Crippen MR) is 88.9 cm³/mol. The van der Waals surface area contributed by atoms with E-state index in [1.807, 2.05) is 30.3 Å². The Morgan fingerprint density at radius 2 is 2.00 bits per heavy atom. The first kappa shape index (κ1) is 16.5. The molecule has 2 unspecified atom stereocenters. The number of aliphatic hydroxyl groups is 1. The molecule has 1 N–H and O–H groups in total. The summed E-state index contributed by atoms with van der Waals surface area (Å²) in [7, 11) is 0. The summed E-state index contributed by atoms with van der Waals surface area (Å²) in [5.74, 6) is -0.0222. The van der Waals surface area contributed by atoms with Crippen LogP contribution in [0.25, 0.3) is 0 Å². The van der Waals surface area contributed by atoms with Gasteiger partial charge in [0.05, 0.1) is 0 Å². The van der Waals surface area contributed by atoms with Gasteiger partial charge < -0.3 is 9.84 Å². The van der Waals surface area contributed by atoms with Crippen molar-refractivity contribution in [1.29, 1.82) is 0 Å². The van der Waals surface area contributed by atoms with E-state index >= 15 is 0 Å². The Kier molecular flexibility index (Phi) is 5.02. The van der Waals surface area contributed by atoms with Gasteiger partial charge in [0, 0.05) is 6.54 Å². The number of nitrogens with zero attached hydrogens (tertiary/aromatic N) is 1. The molecule has 126 valence electrons. The molecular formula is C19H27NO3. The van der Waals surface area contributed by atoms with Crippen LogP contribution in [-0.4, -0.2) is 41.7 Å². The number of carbonyl (C=O) groups is 1. The van der Waals surface area contributed by atoms with E-state index in [-0.39, 0.29) is 6.10 Å². The molecule has 0 aliphatic carbocycles. The molecule has 4 nitrogen and oxygen atoms in total. The molecular weight excluding hydrogens is 290 g/mol. The van der Waals surface area contributed by atoms with Gasteiger partial charge in [-0.05, 0) is 50.3 Å². The maximum absolute atomic E-state index is 12.8. The molecule has 3 aliphatic heterocycles. The first-order valence-electron chi connectivity index (χ1n) is 8.85. The Labute approximate surface area is 138 Å². The second kappa shape index (κ2) is 7.02. The third-order valence-electron chi connectivity index (χ3n) is 5.34. The van der Waals surface area contributed by atoms with Crippen LogP contribution in [0.4, 0.5) is 0 Å². The normalized spacial score (nSPS) is 29.0. The van der Waals surface area contributed by atoms with E-state index in [0.717, 1.165) is 45.3 Å². The number of carbonyl (C=O) groups excluding carboxylic acids is 1. The highest BCUT2D eigenvalue weighted by Gasteiger charge is 2.43. The monoisotopic (exact) mass is 317 g/mol. The molecule has 1 aromatic carbocycles. The number of benzene rings is 1. The second-order valence-electron chi connectivity index (χ2n) is 6.91. The smallest absolute Gasteiger partial charge is 0.343 e. The van der Waals surface area contributed by atoms with Gasteiger partial charge in [0.2, 0.25) is 0 Å². The first-order valence-corrected chi connectivity index (χ1v) is 8.85. The molecule has 4 rings (SSSR count). The first-order chi connectivity index (χ1) is 11.1.